The van der Waals surface area contributed by atoms with E-state index in [1.165, 1.54) is 11.8 Å². The van der Waals surface area contributed by atoms with E-state index in [0.717, 1.165) is 4.90 Å². The fourth-order valence-corrected chi connectivity index (χ4v) is 1.80. The lowest BCUT2D eigenvalue weighted by atomic mass is 10.2. The van der Waals surface area contributed by atoms with Crippen LogP contribution in [0.5, 0.6) is 11.5 Å². The molecule has 0 radical (unpaired) electrons. The van der Waals surface area contributed by atoms with E-state index in [1.54, 1.807) is 12.1 Å². The molecule has 0 unspecified atom stereocenters. The van der Waals surface area contributed by atoms with Gasteiger partial charge in [-0.05, 0) is 31.2 Å². The molecule has 0 atom stereocenters. The summed E-state index contributed by atoms with van der Waals surface area (Å²) in [6, 6.07) is 5.07. The van der Waals surface area contributed by atoms with Crippen LogP contribution in [0.1, 0.15) is 19.3 Å². The highest BCUT2D eigenvalue weighted by Crippen LogP contribution is 2.27. The van der Waals surface area contributed by atoms with Crippen LogP contribution in [0.2, 0.25) is 0 Å². The van der Waals surface area contributed by atoms with Gasteiger partial charge in [0.2, 0.25) is 0 Å². The Balaban J connectivity index is 2.36. The molecule has 0 aliphatic rings. The summed E-state index contributed by atoms with van der Waals surface area (Å²) < 4.78 is 5.44. The lowest BCUT2D eigenvalue weighted by Gasteiger charge is -2.07. The van der Waals surface area contributed by atoms with Gasteiger partial charge in [0.05, 0.1) is 6.61 Å². The molecule has 0 fully saturated rings. The number of carbonyl (C=O) groups is 1. The van der Waals surface area contributed by atoms with E-state index in [9.17, 15) is 9.90 Å². The molecule has 17 heavy (non-hydrogen) atoms. The first kappa shape index (κ1) is 13.7. The smallest absolute Gasteiger partial charge is 0.303 e. The van der Waals surface area contributed by atoms with Crippen LogP contribution < -0.4 is 4.74 Å². The Bertz CT molecular complexity index is 379. The van der Waals surface area contributed by atoms with Crippen molar-refractivity contribution in [3.05, 3.63) is 18.2 Å². The number of phenolic OH excluding ortho intramolecular Hbond substituents is 1. The van der Waals surface area contributed by atoms with Crippen LogP contribution >= 0.6 is 11.8 Å². The Morgan fingerprint density at radius 1 is 1.35 bits per heavy atom. The molecule has 5 heteroatoms. The Hall–Kier alpha value is -1.36. The fourth-order valence-electron chi connectivity index (χ4n) is 1.33. The second kappa shape index (κ2) is 7.06. The van der Waals surface area contributed by atoms with Crippen molar-refractivity contribution >= 4 is 17.7 Å². The van der Waals surface area contributed by atoms with Crippen molar-refractivity contribution in [2.24, 2.45) is 0 Å². The first-order chi connectivity index (χ1) is 8.11. The number of carboxylic acids is 1. The number of aliphatic carboxylic acids is 1. The zero-order chi connectivity index (χ0) is 12.7. The Labute approximate surface area is 105 Å². The van der Waals surface area contributed by atoms with Gasteiger partial charge in [0.1, 0.15) is 11.5 Å². The minimum atomic E-state index is -0.785. The van der Waals surface area contributed by atoms with Crippen LogP contribution in [0.3, 0.4) is 0 Å². The van der Waals surface area contributed by atoms with Crippen LogP contribution in [0.4, 0.5) is 0 Å². The average molecular weight is 256 g/mol. The number of unbranched alkanes of at least 4 members (excludes halogenated alkanes) is 1. The number of thioether (sulfide) groups is 1. The van der Waals surface area contributed by atoms with Gasteiger partial charge in [-0.15, -0.1) is 11.8 Å². The molecule has 2 N–H and O–H groups in total. The molecule has 0 saturated carbocycles. The minimum Gasteiger partial charge on any atom is -0.508 e. The second-order valence-corrected chi connectivity index (χ2v) is 4.45. The maximum absolute atomic E-state index is 10.3. The zero-order valence-electron chi connectivity index (χ0n) is 9.68. The summed E-state index contributed by atoms with van der Waals surface area (Å²) >= 11 is 1.53. The monoisotopic (exact) mass is 256 g/mol. The summed E-state index contributed by atoms with van der Waals surface area (Å²) in [6.45, 7) is 0.463. The lowest BCUT2D eigenvalue weighted by molar-refractivity contribution is -0.137. The van der Waals surface area contributed by atoms with E-state index in [-0.39, 0.29) is 12.2 Å². The molecule has 0 heterocycles. The standard InChI is InChI=1S/C12H16O4S/c1-17-11-7-9(13)6-10(8-11)16-5-3-2-4-12(14)15/h6-8,13H,2-5H2,1H3,(H,14,15). The van der Waals surface area contributed by atoms with Crippen LogP contribution in [0.15, 0.2) is 23.1 Å². The van der Waals surface area contributed by atoms with Crippen molar-refractivity contribution in [3.8, 4) is 11.5 Å². The lowest BCUT2D eigenvalue weighted by Crippen LogP contribution is -2.00. The molecule has 0 aliphatic heterocycles. The van der Waals surface area contributed by atoms with E-state index < -0.39 is 5.97 Å². The van der Waals surface area contributed by atoms with Gasteiger partial charge in [0, 0.05) is 17.4 Å². The van der Waals surface area contributed by atoms with Gasteiger partial charge in [0.15, 0.2) is 0 Å². The van der Waals surface area contributed by atoms with E-state index >= 15 is 0 Å². The number of ether oxygens (including phenoxy) is 1. The molecule has 0 aliphatic carbocycles. The maximum Gasteiger partial charge on any atom is 0.303 e. The Morgan fingerprint density at radius 2 is 2.12 bits per heavy atom. The molecule has 1 aromatic carbocycles. The van der Waals surface area contributed by atoms with E-state index in [4.69, 9.17) is 9.84 Å². The van der Waals surface area contributed by atoms with Crippen LogP contribution in [-0.4, -0.2) is 29.0 Å². The summed E-state index contributed by atoms with van der Waals surface area (Å²) in [5.74, 6) is 0.00841. The van der Waals surface area contributed by atoms with Crippen molar-refractivity contribution in [2.45, 2.75) is 24.2 Å². The summed E-state index contributed by atoms with van der Waals surface area (Å²) in [5, 5.41) is 17.9. The molecular formula is C12H16O4S. The third kappa shape index (κ3) is 5.49. The highest BCUT2D eigenvalue weighted by molar-refractivity contribution is 7.98. The third-order valence-electron chi connectivity index (χ3n) is 2.15. The molecule has 0 bridgehead atoms. The van der Waals surface area contributed by atoms with E-state index in [2.05, 4.69) is 0 Å². The first-order valence-corrected chi connectivity index (χ1v) is 6.57. The topological polar surface area (TPSA) is 66.8 Å². The number of rotatable bonds is 7. The quantitative estimate of drug-likeness (QED) is 0.580. The number of benzene rings is 1. The third-order valence-corrected chi connectivity index (χ3v) is 2.86. The Kier molecular flexibility index (Phi) is 5.69. The second-order valence-electron chi connectivity index (χ2n) is 3.57. The van der Waals surface area contributed by atoms with Gasteiger partial charge in [-0.2, -0.15) is 0 Å². The number of hydrogen-bond donors (Lipinski definition) is 2. The summed E-state index contributed by atoms with van der Waals surface area (Å²) in [4.78, 5) is 11.2. The summed E-state index contributed by atoms with van der Waals surface area (Å²) in [5.41, 5.74) is 0. The van der Waals surface area contributed by atoms with Crippen LogP contribution in [0, 0.1) is 0 Å². The minimum absolute atomic E-state index is 0.166. The number of aromatic hydroxyl groups is 1. The number of phenols is 1. The first-order valence-electron chi connectivity index (χ1n) is 5.34. The van der Waals surface area contributed by atoms with Gasteiger partial charge in [0.25, 0.3) is 0 Å². The molecule has 0 aromatic heterocycles. The van der Waals surface area contributed by atoms with Gasteiger partial charge in [-0.25, -0.2) is 0 Å². The fraction of sp³-hybridized carbons (Fsp3) is 0.417. The zero-order valence-corrected chi connectivity index (χ0v) is 10.5. The van der Waals surface area contributed by atoms with Crippen molar-refractivity contribution < 1.29 is 19.7 Å². The number of hydrogen-bond acceptors (Lipinski definition) is 4. The van der Waals surface area contributed by atoms with E-state index in [0.29, 0.717) is 25.2 Å². The van der Waals surface area contributed by atoms with Crippen molar-refractivity contribution in [1.82, 2.24) is 0 Å². The molecule has 1 aromatic rings. The molecule has 0 saturated heterocycles. The predicted molar refractivity (Wildman–Crippen MR) is 66.9 cm³/mol. The van der Waals surface area contributed by atoms with Crippen LogP contribution in [0.25, 0.3) is 0 Å². The SMILES string of the molecule is CSc1cc(O)cc(OCCCCC(=O)O)c1. The van der Waals surface area contributed by atoms with Gasteiger partial charge in [-0.3, -0.25) is 4.79 Å². The number of carboxylic acid groups (broad SMARTS) is 1. The van der Waals surface area contributed by atoms with Gasteiger partial charge in [-0.1, -0.05) is 0 Å². The summed E-state index contributed by atoms with van der Waals surface area (Å²) in [7, 11) is 0. The van der Waals surface area contributed by atoms with Gasteiger partial charge < -0.3 is 14.9 Å². The Morgan fingerprint density at radius 3 is 2.76 bits per heavy atom. The highest BCUT2D eigenvalue weighted by atomic mass is 32.2. The highest BCUT2D eigenvalue weighted by Gasteiger charge is 2.01. The predicted octanol–water partition coefficient (Wildman–Crippen LogP) is 2.75. The molecular weight excluding hydrogens is 240 g/mol. The largest absolute Gasteiger partial charge is 0.508 e. The molecule has 0 amide bonds. The van der Waals surface area contributed by atoms with Gasteiger partial charge >= 0.3 is 5.97 Å². The summed E-state index contributed by atoms with van der Waals surface area (Å²) in [6.07, 6.45) is 3.38. The van der Waals surface area contributed by atoms with Crippen molar-refractivity contribution in [3.63, 3.8) is 0 Å². The molecule has 0 spiro atoms. The van der Waals surface area contributed by atoms with E-state index in [1.807, 2.05) is 12.3 Å². The maximum atomic E-state index is 10.3. The van der Waals surface area contributed by atoms with Crippen molar-refractivity contribution in [1.29, 1.82) is 0 Å². The molecule has 94 valence electrons. The molecule has 4 nitrogen and oxygen atoms in total. The molecule has 1 rings (SSSR count). The average Bonchev–Trinajstić information content (AvgIpc) is 2.27. The van der Waals surface area contributed by atoms with Crippen molar-refractivity contribution in [2.75, 3.05) is 12.9 Å². The normalized spacial score (nSPS) is 10.2. The van der Waals surface area contributed by atoms with Crippen LogP contribution in [-0.2, 0) is 4.79 Å².